The number of benzene rings is 2. The maximum Gasteiger partial charge on any atom is 0.332 e. The fraction of sp³-hybridized carbons (Fsp3) is 0.648. The minimum absolute atomic E-state index is 0.0348. The number of ketones is 1. The first-order valence-corrected chi connectivity index (χ1v) is 33.4. The van der Waals surface area contributed by atoms with Crippen LogP contribution in [0.15, 0.2) is 67.0 Å². The lowest BCUT2D eigenvalue weighted by molar-refractivity contribution is -0.178. The largest absolute Gasteiger partial charge is 0.450 e. The van der Waals surface area contributed by atoms with Crippen LogP contribution in [0.1, 0.15) is 153 Å². The smallest absolute Gasteiger partial charge is 0.332 e. The molecule has 0 spiro atoms. The number of aliphatic hydroxyl groups is 1. The summed E-state index contributed by atoms with van der Waals surface area (Å²) in [5.41, 5.74) is 0.698. The van der Waals surface area contributed by atoms with Crippen LogP contribution in [-0.2, 0) is 60.7 Å². The van der Waals surface area contributed by atoms with Crippen LogP contribution in [0.5, 0.6) is 0 Å². The maximum atomic E-state index is 15.8. The molecule has 92 heavy (non-hydrogen) atoms. The number of hydrogen-bond donors (Lipinski definition) is 3. The van der Waals surface area contributed by atoms with Crippen LogP contribution in [-0.4, -0.2) is 194 Å². The number of anilines is 1. The summed E-state index contributed by atoms with van der Waals surface area (Å²) in [6, 6.07) is 7.68. The molecular formula is C71H106N10O11. The van der Waals surface area contributed by atoms with Crippen molar-refractivity contribution in [2.45, 2.75) is 208 Å². The molecule has 0 unspecified atom stereocenters. The number of esters is 1. The Morgan fingerprint density at radius 2 is 1.26 bits per heavy atom. The lowest BCUT2D eigenvalue weighted by Gasteiger charge is -2.39. The van der Waals surface area contributed by atoms with Crippen LogP contribution < -0.4 is 15.5 Å². The molecule has 1 aromatic heterocycles. The highest BCUT2D eigenvalue weighted by atomic mass is 16.6. The van der Waals surface area contributed by atoms with Gasteiger partial charge in [-0.2, -0.15) is 0 Å². The summed E-state index contributed by atoms with van der Waals surface area (Å²) < 4.78 is 6.17. The van der Waals surface area contributed by atoms with E-state index in [1.807, 2.05) is 70.2 Å². The Balaban J connectivity index is 1.50. The van der Waals surface area contributed by atoms with Crippen molar-refractivity contribution in [1.29, 1.82) is 0 Å². The van der Waals surface area contributed by atoms with Gasteiger partial charge in [0.2, 0.25) is 35.4 Å². The molecule has 3 fully saturated rings. The molecule has 0 bridgehead atoms. The van der Waals surface area contributed by atoms with E-state index in [0.717, 1.165) is 42.2 Å². The van der Waals surface area contributed by atoms with Crippen molar-refractivity contribution in [3.63, 3.8) is 0 Å². The number of aromatic nitrogens is 2. The monoisotopic (exact) mass is 1270 g/mol. The summed E-state index contributed by atoms with van der Waals surface area (Å²) in [6.45, 7) is 24.9. The molecule has 4 heterocycles. The number of rotatable bonds is 15. The summed E-state index contributed by atoms with van der Waals surface area (Å²) in [7, 11) is 5.78. The molecule has 0 radical (unpaired) electrons. The van der Waals surface area contributed by atoms with Gasteiger partial charge in [0.15, 0.2) is 17.9 Å². The molecule has 3 aliphatic heterocycles. The van der Waals surface area contributed by atoms with Crippen LogP contribution in [0.25, 0.3) is 11.3 Å². The highest BCUT2D eigenvalue weighted by molar-refractivity contribution is 5.99. The quantitative estimate of drug-likeness (QED) is 0.128. The van der Waals surface area contributed by atoms with E-state index in [0.29, 0.717) is 42.0 Å². The van der Waals surface area contributed by atoms with Crippen LogP contribution in [0.2, 0.25) is 0 Å². The SMILES string of the molecule is CC[C@H](C)[C@@H]1NC(=O)[C@@H]2CCCN2C(=O)[C@H](Cc2cccc(-c3cnc(N4CCC(C)CC4)cn3)c2)N(C)C(=O)[C@H](Cc2ccccc2)NC(=O)[C@H](C(C)C)N(C)C(=O)[C@@H]([C@@H](C)CC)OC(=O)[C@H](C(C)(C)O)N(C)C(=O)[C@H](CC(C)C)CC(=O)[C@H](C(C)C)N(C)C1=O. The summed E-state index contributed by atoms with van der Waals surface area (Å²) >= 11 is 0. The van der Waals surface area contributed by atoms with Gasteiger partial charge in [0, 0.05) is 84.5 Å². The van der Waals surface area contributed by atoms with E-state index in [-0.39, 0.29) is 44.6 Å². The predicted octanol–water partition coefficient (Wildman–Crippen LogP) is 7.16. The zero-order valence-corrected chi connectivity index (χ0v) is 57.8. The molecule has 506 valence electrons. The van der Waals surface area contributed by atoms with E-state index in [1.165, 1.54) is 61.6 Å². The number of nitrogens with zero attached hydrogens (tertiary/aromatic N) is 8. The van der Waals surface area contributed by atoms with Gasteiger partial charge >= 0.3 is 5.97 Å². The third-order valence-electron chi connectivity index (χ3n) is 19.2. The fourth-order valence-electron chi connectivity index (χ4n) is 13.5. The highest BCUT2D eigenvalue weighted by Crippen LogP contribution is 2.31. The Kier molecular flexibility index (Phi) is 26.1. The van der Waals surface area contributed by atoms with E-state index in [4.69, 9.17) is 14.7 Å². The van der Waals surface area contributed by atoms with Gasteiger partial charge < -0.3 is 49.9 Å². The van der Waals surface area contributed by atoms with Crippen LogP contribution in [0.4, 0.5) is 5.82 Å². The van der Waals surface area contributed by atoms with Gasteiger partial charge in [-0.3, -0.25) is 43.3 Å². The molecule has 6 rings (SSSR count). The van der Waals surface area contributed by atoms with Crippen molar-refractivity contribution >= 4 is 58.9 Å². The van der Waals surface area contributed by atoms with Crippen LogP contribution in [0.3, 0.4) is 0 Å². The molecule has 3 saturated heterocycles. The van der Waals surface area contributed by atoms with Crippen molar-refractivity contribution in [3.8, 4) is 11.3 Å². The van der Waals surface area contributed by atoms with E-state index >= 15 is 28.8 Å². The number of carbonyl (C=O) groups excluding carboxylic acids is 9. The topological polar surface area (TPSA) is 252 Å². The maximum absolute atomic E-state index is 15.8. The van der Waals surface area contributed by atoms with Gasteiger partial charge in [-0.15, -0.1) is 0 Å². The number of likely N-dealkylation sites (N-methyl/N-ethyl adjacent to an activating group) is 4. The molecule has 7 amide bonds. The molecule has 3 aromatic rings. The molecule has 3 N–H and O–H groups in total. The predicted molar refractivity (Wildman–Crippen MR) is 354 cm³/mol. The molecule has 11 atom stereocenters. The lowest BCUT2D eigenvalue weighted by atomic mass is 9.85. The summed E-state index contributed by atoms with van der Waals surface area (Å²) in [5.74, 6) is -7.88. The average molecular weight is 1280 g/mol. The number of Topliss-reactive ketones (excluding diaryl/α,β-unsaturated/α-hetero) is 1. The van der Waals surface area contributed by atoms with Crippen LogP contribution in [0, 0.1) is 41.4 Å². The standard InChI is InChI=1S/C71H106N10O11/c1-18-46(10)58-68(88)77(15)59(43(5)6)56(82)39-51(35-42(3)4)65(85)79(17)62(71(12,13)91)70(90)92-61(47(11)19-2)69(89)78(16)60(44(7)8)64(84)74-52(37-48-25-21-20-22-26-48)66(86)76(14)55(67(87)81-32-24-29-54(81)63(83)75-58)38-49-27-23-28-50(36-49)53-40-73-57(41-72-53)80-33-30-45(9)31-34-80/h20-23,25-28,36,40-47,51-52,54-55,58-62,91H,18-19,24,29-35,37-39H2,1-17H3,(H,74,84)(H,75,83)/t46-,47-,51+,52-,54-,55-,58-,59-,60-,61+,62+/m0/s1. The minimum Gasteiger partial charge on any atom is -0.450 e. The number of hydrogen-bond acceptors (Lipinski definition) is 14. The van der Waals surface area contributed by atoms with E-state index in [9.17, 15) is 19.5 Å². The summed E-state index contributed by atoms with van der Waals surface area (Å²) in [6.07, 6.45) is 5.31. The Morgan fingerprint density at radius 1 is 0.641 bits per heavy atom. The van der Waals surface area contributed by atoms with Gasteiger partial charge in [-0.05, 0) is 99.2 Å². The first-order chi connectivity index (χ1) is 43.3. The number of cyclic esters (lactones) is 1. The number of carbonyl (C=O) groups is 9. The van der Waals surface area contributed by atoms with Crippen molar-refractivity contribution in [2.75, 3.05) is 52.7 Å². The number of nitrogens with one attached hydrogen (secondary N) is 2. The van der Waals surface area contributed by atoms with Crippen molar-refractivity contribution in [3.05, 3.63) is 78.1 Å². The zero-order chi connectivity index (χ0) is 68.2. The minimum atomic E-state index is -1.96. The number of amides is 7. The number of piperidine rings is 1. The second-order valence-corrected chi connectivity index (χ2v) is 28.1. The van der Waals surface area contributed by atoms with Crippen molar-refractivity contribution < 1.29 is 53.0 Å². The molecule has 2 aromatic carbocycles. The molecule has 0 saturated carbocycles. The van der Waals surface area contributed by atoms with Crippen molar-refractivity contribution in [1.82, 2.24) is 45.1 Å². The fourth-order valence-corrected chi connectivity index (χ4v) is 13.5. The molecule has 21 heteroatoms. The molecule has 3 aliphatic rings. The van der Waals surface area contributed by atoms with Gasteiger partial charge in [0.05, 0.1) is 29.7 Å². The second kappa shape index (κ2) is 32.5. The third-order valence-corrected chi connectivity index (χ3v) is 19.2. The first-order valence-electron chi connectivity index (χ1n) is 33.4. The molecular weight excluding hydrogens is 1170 g/mol. The second-order valence-electron chi connectivity index (χ2n) is 28.1. The zero-order valence-electron chi connectivity index (χ0n) is 57.8. The Morgan fingerprint density at radius 3 is 1.84 bits per heavy atom. The van der Waals surface area contributed by atoms with Gasteiger partial charge in [0.25, 0.3) is 5.91 Å². The van der Waals surface area contributed by atoms with E-state index in [2.05, 4.69) is 22.5 Å². The average Bonchev–Trinajstić information content (AvgIpc) is 1.31. The van der Waals surface area contributed by atoms with Crippen LogP contribution >= 0.6 is 0 Å². The summed E-state index contributed by atoms with van der Waals surface area (Å²) in [4.78, 5) is 155. The van der Waals surface area contributed by atoms with Gasteiger partial charge in [0.1, 0.15) is 36.0 Å². The van der Waals surface area contributed by atoms with Crippen molar-refractivity contribution in [2.24, 2.45) is 41.4 Å². The van der Waals surface area contributed by atoms with Gasteiger partial charge in [-0.1, -0.05) is 131 Å². The number of ether oxygens (including phenoxy) is 1. The summed E-state index contributed by atoms with van der Waals surface area (Å²) in [5, 5.41) is 17.8. The lowest BCUT2D eigenvalue weighted by Crippen LogP contribution is -2.61. The Bertz CT molecular complexity index is 3030. The van der Waals surface area contributed by atoms with Gasteiger partial charge in [-0.25, -0.2) is 9.78 Å². The number of fused-ring (bicyclic) bond motifs is 1. The Labute approximate surface area is 546 Å². The third kappa shape index (κ3) is 18.1. The van der Waals surface area contributed by atoms with E-state index < -0.39 is 137 Å². The first kappa shape index (κ1) is 73.8. The molecule has 0 aliphatic carbocycles. The molecule has 21 nitrogen and oxygen atoms in total. The normalized spacial score (nSPS) is 25.8. The highest BCUT2D eigenvalue weighted by Gasteiger charge is 2.48. The van der Waals surface area contributed by atoms with E-state index in [1.54, 1.807) is 66.1 Å². The Hall–Kier alpha value is -7.29.